The topological polar surface area (TPSA) is 120 Å². The van der Waals surface area contributed by atoms with Crippen LogP contribution in [0.15, 0.2) is 43.2 Å². The number of hydrogen-bond acceptors (Lipinski definition) is 7. The SMILES string of the molecule is O=[N+]([O-])c1c(Br)sc(S(=O)(=O)c2ccccc2)c1[N+](=O)[O-]. The summed E-state index contributed by atoms with van der Waals surface area (Å²) in [5, 5.41) is 22.0. The highest BCUT2D eigenvalue weighted by molar-refractivity contribution is 9.11. The highest BCUT2D eigenvalue weighted by Gasteiger charge is 2.41. The molecule has 1 aromatic heterocycles. The largest absolute Gasteiger partial charge is 0.377 e. The molecule has 0 atom stereocenters. The molecule has 8 nitrogen and oxygen atoms in total. The summed E-state index contributed by atoms with van der Waals surface area (Å²) in [5.41, 5.74) is -1.89. The van der Waals surface area contributed by atoms with Gasteiger partial charge in [0, 0.05) is 0 Å². The summed E-state index contributed by atoms with van der Waals surface area (Å²) >= 11 is 3.25. The first-order valence-electron chi connectivity index (χ1n) is 5.18. The summed E-state index contributed by atoms with van der Waals surface area (Å²) in [4.78, 5) is 19.8. The fraction of sp³-hybridized carbons (Fsp3) is 0. The molecule has 0 N–H and O–H groups in total. The number of nitro groups is 2. The molecule has 0 saturated heterocycles. The van der Waals surface area contributed by atoms with Crippen LogP contribution in [0.1, 0.15) is 0 Å². The van der Waals surface area contributed by atoms with Crippen LogP contribution in [0.2, 0.25) is 0 Å². The smallest absolute Gasteiger partial charge is 0.258 e. The second kappa shape index (κ2) is 5.50. The standard InChI is InChI=1S/C10H5BrN2O6S2/c11-9-7(12(14)15)8(13(16)17)10(20-9)21(18,19)6-4-2-1-3-5-6/h1-5H. The van der Waals surface area contributed by atoms with Gasteiger partial charge in [-0.3, -0.25) is 20.2 Å². The molecule has 2 aromatic rings. The van der Waals surface area contributed by atoms with Crippen LogP contribution in [0.25, 0.3) is 0 Å². The number of hydrogen-bond donors (Lipinski definition) is 0. The van der Waals surface area contributed by atoms with Crippen molar-refractivity contribution in [2.45, 2.75) is 9.10 Å². The van der Waals surface area contributed by atoms with E-state index in [0.717, 1.165) is 0 Å². The number of sulfone groups is 1. The number of rotatable bonds is 4. The summed E-state index contributed by atoms with van der Waals surface area (Å²) in [6, 6.07) is 7.02. The van der Waals surface area contributed by atoms with E-state index in [1.54, 1.807) is 6.07 Å². The molecule has 0 spiro atoms. The van der Waals surface area contributed by atoms with Crippen LogP contribution in [0.5, 0.6) is 0 Å². The molecule has 0 aliphatic carbocycles. The molecule has 1 heterocycles. The molecule has 0 fully saturated rings. The molecule has 0 amide bonds. The van der Waals surface area contributed by atoms with E-state index in [2.05, 4.69) is 15.9 Å². The second-order valence-electron chi connectivity index (χ2n) is 3.69. The maximum atomic E-state index is 12.4. The van der Waals surface area contributed by atoms with Gasteiger partial charge in [-0.15, -0.1) is 11.3 Å². The molecule has 21 heavy (non-hydrogen) atoms. The lowest BCUT2D eigenvalue weighted by atomic mass is 10.4. The number of benzene rings is 1. The van der Waals surface area contributed by atoms with Crippen molar-refractivity contribution in [1.29, 1.82) is 0 Å². The third-order valence-corrected chi connectivity index (χ3v) is 6.54. The average molecular weight is 393 g/mol. The van der Waals surface area contributed by atoms with Gasteiger partial charge in [-0.25, -0.2) is 8.42 Å². The van der Waals surface area contributed by atoms with Crippen LogP contribution in [-0.4, -0.2) is 18.3 Å². The summed E-state index contributed by atoms with van der Waals surface area (Å²) in [6.07, 6.45) is 0. The third kappa shape index (κ3) is 2.66. The van der Waals surface area contributed by atoms with Crippen molar-refractivity contribution in [1.82, 2.24) is 0 Å². The maximum Gasteiger partial charge on any atom is 0.377 e. The molecule has 0 radical (unpaired) electrons. The summed E-state index contributed by atoms with van der Waals surface area (Å²) in [6.45, 7) is 0. The molecule has 0 aliphatic heterocycles. The van der Waals surface area contributed by atoms with Crippen molar-refractivity contribution >= 4 is 48.5 Å². The van der Waals surface area contributed by atoms with Crippen LogP contribution in [0.4, 0.5) is 11.4 Å². The van der Waals surface area contributed by atoms with Crippen molar-refractivity contribution in [3.05, 3.63) is 54.3 Å². The van der Waals surface area contributed by atoms with Crippen molar-refractivity contribution < 1.29 is 18.3 Å². The first-order valence-corrected chi connectivity index (χ1v) is 8.27. The van der Waals surface area contributed by atoms with Crippen molar-refractivity contribution in [2.75, 3.05) is 0 Å². The fourth-order valence-electron chi connectivity index (χ4n) is 1.58. The van der Waals surface area contributed by atoms with Crippen LogP contribution in [0.3, 0.4) is 0 Å². The van der Waals surface area contributed by atoms with E-state index < -0.39 is 35.3 Å². The number of halogens is 1. The molecule has 110 valence electrons. The minimum Gasteiger partial charge on any atom is -0.258 e. The molecule has 0 unspecified atom stereocenters. The zero-order chi connectivity index (χ0) is 15.8. The number of nitrogens with zero attached hydrogens (tertiary/aromatic N) is 2. The maximum absolute atomic E-state index is 12.4. The molecular formula is C10H5BrN2O6S2. The van der Waals surface area contributed by atoms with E-state index in [1.165, 1.54) is 24.3 Å². The van der Waals surface area contributed by atoms with Gasteiger partial charge < -0.3 is 0 Å². The highest BCUT2D eigenvalue weighted by Crippen LogP contribution is 2.48. The molecule has 11 heteroatoms. The van der Waals surface area contributed by atoms with Gasteiger partial charge in [-0.2, -0.15) is 0 Å². The Labute approximate surface area is 130 Å². The van der Waals surface area contributed by atoms with E-state index in [9.17, 15) is 28.6 Å². The quantitative estimate of drug-likeness (QED) is 0.581. The van der Waals surface area contributed by atoms with E-state index in [-0.39, 0.29) is 8.68 Å². The minimum absolute atomic E-state index is 0.170. The monoisotopic (exact) mass is 392 g/mol. The van der Waals surface area contributed by atoms with Gasteiger partial charge in [-0.05, 0) is 28.1 Å². The zero-order valence-electron chi connectivity index (χ0n) is 9.93. The number of thiophene rings is 1. The van der Waals surface area contributed by atoms with E-state index in [4.69, 9.17) is 0 Å². The Morgan fingerprint density at radius 1 is 1.00 bits per heavy atom. The van der Waals surface area contributed by atoms with Crippen LogP contribution in [-0.2, 0) is 9.84 Å². The Kier molecular flexibility index (Phi) is 4.07. The predicted octanol–water partition coefficient (Wildman–Crippen LogP) is 3.16. The molecular weight excluding hydrogens is 388 g/mol. The molecule has 0 bridgehead atoms. The lowest BCUT2D eigenvalue weighted by molar-refractivity contribution is -0.424. The Balaban J connectivity index is 2.79. The molecule has 2 rings (SSSR count). The molecule has 0 aliphatic rings. The second-order valence-corrected chi connectivity index (χ2v) is 8.17. The van der Waals surface area contributed by atoms with Gasteiger partial charge in [0.15, 0.2) is 3.79 Å². The van der Waals surface area contributed by atoms with Gasteiger partial charge in [0.05, 0.1) is 14.7 Å². The summed E-state index contributed by atoms with van der Waals surface area (Å²) in [5.74, 6) is 0. The predicted molar refractivity (Wildman–Crippen MR) is 77.2 cm³/mol. The Bertz CT molecular complexity index is 831. The average Bonchev–Trinajstić information content (AvgIpc) is 2.78. The van der Waals surface area contributed by atoms with Crippen molar-refractivity contribution in [3.63, 3.8) is 0 Å². The fourth-order valence-corrected chi connectivity index (χ4v) is 5.55. The molecule has 0 saturated carbocycles. The lowest BCUT2D eigenvalue weighted by Gasteiger charge is -2.00. The third-order valence-electron chi connectivity index (χ3n) is 2.45. The zero-order valence-corrected chi connectivity index (χ0v) is 13.1. The van der Waals surface area contributed by atoms with Crippen LogP contribution in [0, 0.1) is 20.2 Å². The van der Waals surface area contributed by atoms with E-state index in [1.807, 2.05) is 0 Å². The Morgan fingerprint density at radius 2 is 1.52 bits per heavy atom. The van der Waals surface area contributed by atoms with E-state index in [0.29, 0.717) is 11.3 Å². The van der Waals surface area contributed by atoms with Gasteiger partial charge in [0.25, 0.3) is 0 Å². The van der Waals surface area contributed by atoms with Crippen LogP contribution >= 0.6 is 27.3 Å². The molecule has 1 aromatic carbocycles. The van der Waals surface area contributed by atoms with Crippen molar-refractivity contribution in [3.8, 4) is 0 Å². The summed E-state index contributed by atoms with van der Waals surface area (Å²) < 4.78 is 23.9. The van der Waals surface area contributed by atoms with Gasteiger partial charge in [0.1, 0.15) is 0 Å². The van der Waals surface area contributed by atoms with Gasteiger partial charge in [-0.1, -0.05) is 18.2 Å². The Morgan fingerprint density at radius 3 is 2.00 bits per heavy atom. The van der Waals surface area contributed by atoms with Gasteiger partial charge in [0.2, 0.25) is 14.0 Å². The highest BCUT2D eigenvalue weighted by atomic mass is 79.9. The van der Waals surface area contributed by atoms with E-state index >= 15 is 0 Å². The van der Waals surface area contributed by atoms with Crippen molar-refractivity contribution in [2.24, 2.45) is 0 Å². The normalized spacial score (nSPS) is 11.3. The summed E-state index contributed by atoms with van der Waals surface area (Å²) in [7, 11) is -4.21. The van der Waals surface area contributed by atoms with Gasteiger partial charge >= 0.3 is 11.4 Å². The van der Waals surface area contributed by atoms with Crippen LogP contribution < -0.4 is 0 Å². The Hall–Kier alpha value is -1.85. The first-order chi connectivity index (χ1) is 9.76. The minimum atomic E-state index is -4.21. The first kappa shape index (κ1) is 15.5. The lowest BCUT2D eigenvalue weighted by Crippen LogP contribution is -2.03.